The van der Waals surface area contributed by atoms with E-state index in [1.54, 1.807) is 26.8 Å². The van der Waals surface area contributed by atoms with E-state index < -0.39 is 77.5 Å². The summed E-state index contributed by atoms with van der Waals surface area (Å²) in [6.07, 6.45) is -1.41. The lowest BCUT2D eigenvalue weighted by Crippen LogP contribution is -2.28. The largest absolute Gasteiger partial charge is 0.460 e. The van der Waals surface area contributed by atoms with E-state index in [1.807, 2.05) is 0 Å². The zero-order chi connectivity index (χ0) is 40.0. The van der Waals surface area contributed by atoms with Crippen LogP contribution in [0, 0.1) is 23.5 Å². The molecular formula is C38H40ClF4N3O6S2. The molecule has 1 saturated carbocycles. The van der Waals surface area contributed by atoms with E-state index in [2.05, 4.69) is 16.9 Å². The normalized spacial score (nSPS) is 14.6. The lowest BCUT2D eigenvalue weighted by Gasteiger charge is -2.24. The van der Waals surface area contributed by atoms with Crippen molar-refractivity contribution in [2.75, 3.05) is 6.26 Å². The second kappa shape index (κ2) is 15.3. The summed E-state index contributed by atoms with van der Waals surface area (Å²) in [5.41, 5.74) is 0.0523. The van der Waals surface area contributed by atoms with Crippen LogP contribution in [0.5, 0.6) is 0 Å². The predicted octanol–water partition coefficient (Wildman–Crippen LogP) is 7.61. The highest BCUT2D eigenvalue weighted by molar-refractivity contribution is 7.92. The van der Waals surface area contributed by atoms with Crippen molar-refractivity contribution in [3.8, 4) is 23.0 Å². The molecule has 0 bridgehead atoms. The SMILES string of the molecule is CC(C)(C)OC(=O)C[C@@H](Cc1cc(F)cc(F)c1)c1nc(C#CC(C)(C)S(C)(=O)=O)ccc1-c1ccc(Cl)c2c(CS(=O)(=O)C3CC3)nn(CC(F)F)c12. The van der Waals surface area contributed by atoms with Crippen molar-refractivity contribution in [3.63, 3.8) is 0 Å². The molecule has 0 saturated heterocycles. The van der Waals surface area contributed by atoms with Crippen LogP contribution in [0.15, 0.2) is 42.5 Å². The molecule has 2 aromatic carbocycles. The number of alkyl halides is 2. The topological polar surface area (TPSA) is 125 Å². The van der Waals surface area contributed by atoms with Crippen LogP contribution in [0.4, 0.5) is 17.6 Å². The molecule has 4 aromatic rings. The minimum Gasteiger partial charge on any atom is -0.460 e. The fraction of sp³-hybridized carbons (Fsp3) is 0.447. The van der Waals surface area contributed by atoms with Crippen molar-refractivity contribution in [3.05, 3.63) is 81.8 Å². The van der Waals surface area contributed by atoms with Crippen LogP contribution in [0.3, 0.4) is 0 Å². The average molecular weight is 810 g/mol. The zero-order valence-electron chi connectivity index (χ0n) is 30.5. The summed E-state index contributed by atoms with van der Waals surface area (Å²) in [7, 11) is -7.32. The Labute approximate surface area is 317 Å². The van der Waals surface area contributed by atoms with Crippen LogP contribution in [0.2, 0.25) is 5.02 Å². The number of pyridine rings is 1. The summed E-state index contributed by atoms with van der Waals surface area (Å²) >= 11 is 6.66. The van der Waals surface area contributed by atoms with E-state index in [1.165, 1.54) is 32.0 Å². The summed E-state index contributed by atoms with van der Waals surface area (Å²) in [5.74, 6) is 1.60. The lowest BCUT2D eigenvalue weighted by atomic mass is 9.87. The molecule has 2 aromatic heterocycles. The van der Waals surface area contributed by atoms with Crippen LogP contribution in [-0.4, -0.2) is 65.8 Å². The third-order valence-corrected chi connectivity index (χ3v) is 13.3. The summed E-state index contributed by atoms with van der Waals surface area (Å²) in [5, 5.41) is 3.98. The molecule has 9 nitrogen and oxygen atoms in total. The van der Waals surface area contributed by atoms with Crippen molar-refractivity contribution in [2.24, 2.45) is 0 Å². The van der Waals surface area contributed by atoms with E-state index in [0.29, 0.717) is 18.9 Å². The first-order valence-electron chi connectivity index (χ1n) is 17.0. The van der Waals surface area contributed by atoms with E-state index in [-0.39, 0.29) is 62.5 Å². The minimum atomic E-state index is -3.67. The van der Waals surface area contributed by atoms with Gasteiger partial charge in [-0.1, -0.05) is 23.6 Å². The number of carbonyl (C=O) groups is 1. The maximum Gasteiger partial charge on any atom is 0.306 e. The highest BCUT2D eigenvalue weighted by atomic mass is 35.5. The van der Waals surface area contributed by atoms with Gasteiger partial charge >= 0.3 is 5.97 Å². The molecule has 0 N–H and O–H groups in total. The number of rotatable bonds is 12. The maximum atomic E-state index is 14.5. The molecular weight excluding hydrogens is 770 g/mol. The monoisotopic (exact) mass is 809 g/mol. The van der Waals surface area contributed by atoms with E-state index >= 15 is 0 Å². The lowest BCUT2D eigenvalue weighted by molar-refractivity contribution is -0.155. The molecule has 1 atom stereocenters. The standard InChI is InChI=1S/C38H40ClF4N3O6S2/c1-37(2,3)52-33(47)18-23(15-22-16-24(40)19-25(41)17-22)35-28(10-7-26(44-35)13-14-38(4,5)53(6,48)49)29-11-12-30(39)34-31(21-54(50,51)27-8-9-27)45-46(36(29)34)20-32(42)43/h7,10-12,16-17,19,23,27,32H,8-9,15,18,20-21H2,1-6H3/t23-/m1/s1. The second-order valence-corrected chi connectivity index (χ2v) is 20.2. The molecule has 1 aliphatic carbocycles. The fourth-order valence-corrected chi connectivity index (χ4v) is 8.10. The fourth-order valence-electron chi connectivity index (χ4n) is 5.93. The minimum absolute atomic E-state index is 0.00931. The molecule has 1 fully saturated rings. The van der Waals surface area contributed by atoms with Gasteiger partial charge in [-0.25, -0.2) is 39.4 Å². The number of hydrogen-bond acceptors (Lipinski definition) is 8. The van der Waals surface area contributed by atoms with Crippen molar-refractivity contribution in [1.82, 2.24) is 14.8 Å². The van der Waals surface area contributed by atoms with E-state index in [0.717, 1.165) is 23.1 Å². The van der Waals surface area contributed by atoms with Gasteiger partial charge in [-0.3, -0.25) is 9.48 Å². The van der Waals surface area contributed by atoms with Crippen molar-refractivity contribution < 1.29 is 43.9 Å². The van der Waals surface area contributed by atoms with Gasteiger partial charge in [0, 0.05) is 34.8 Å². The molecule has 0 spiro atoms. The molecule has 16 heteroatoms. The number of sulfone groups is 2. The number of hydrogen-bond donors (Lipinski definition) is 0. The quantitative estimate of drug-likeness (QED) is 0.0814. The molecule has 1 aliphatic rings. The van der Waals surface area contributed by atoms with Gasteiger partial charge < -0.3 is 4.74 Å². The number of esters is 1. The Morgan fingerprint density at radius 2 is 1.63 bits per heavy atom. The first-order chi connectivity index (χ1) is 24.9. The van der Waals surface area contributed by atoms with Gasteiger partial charge in [0.15, 0.2) is 19.7 Å². The van der Waals surface area contributed by atoms with Crippen molar-refractivity contribution in [1.29, 1.82) is 0 Å². The van der Waals surface area contributed by atoms with Crippen LogP contribution < -0.4 is 0 Å². The molecule has 54 heavy (non-hydrogen) atoms. The van der Waals surface area contributed by atoms with Crippen LogP contribution >= 0.6 is 11.6 Å². The highest BCUT2D eigenvalue weighted by Crippen LogP contribution is 2.41. The van der Waals surface area contributed by atoms with Gasteiger partial charge in [0.1, 0.15) is 34.2 Å². The van der Waals surface area contributed by atoms with Gasteiger partial charge in [0.2, 0.25) is 0 Å². The first kappa shape index (κ1) is 41.2. The number of ether oxygens (including phenoxy) is 1. The highest BCUT2D eigenvalue weighted by Gasteiger charge is 2.37. The molecule has 0 amide bonds. The summed E-state index contributed by atoms with van der Waals surface area (Å²) in [4.78, 5) is 18.2. The zero-order valence-corrected chi connectivity index (χ0v) is 32.9. The number of aromatic nitrogens is 3. The third-order valence-electron chi connectivity index (χ3n) is 8.85. The Morgan fingerprint density at radius 1 is 1.00 bits per heavy atom. The summed E-state index contributed by atoms with van der Waals surface area (Å²) in [6, 6.07) is 8.93. The molecule has 5 rings (SSSR count). The number of fused-ring (bicyclic) bond motifs is 1. The third kappa shape index (κ3) is 9.80. The number of carbonyl (C=O) groups excluding carboxylic acids is 1. The maximum absolute atomic E-state index is 14.5. The summed E-state index contributed by atoms with van der Waals surface area (Å²) < 4.78 is 113. The van der Waals surface area contributed by atoms with Gasteiger partial charge in [-0.05, 0) is 95.7 Å². The number of nitrogens with zero attached hydrogens (tertiary/aromatic N) is 3. The Morgan fingerprint density at radius 3 is 2.20 bits per heavy atom. The molecule has 0 radical (unpaired) electrons. The molecule has 0 aliphatic heterocycles. The van der Waals surface area contributed by atoms with E-state index in [4.69, 9.17) is 21.3 Å². The van der Waals surface area contributed by atoms with Gasteiger partial charge in [-0.15, -0.1) is 0 Å². The average Bonchev–Trinajstić information content (AvgIpc) is 3.82. The van der Waals surface area contributed by atoms with Gasteiger partial charge in [0.05, 0.1) is 39.4 Å². The van der Waals surface area contributed by atoms with Crippen molar-refractivity contribution >= 4 is 48.1 Å². The Kier molecular flexibility index (Phi) is 11.6. The van der Waals surface area contributed by atoms with Crippen LogP contribution in [-0.2, 0) is 47.9 Å². The van der Waals surface area contributed by atoms with Gasteiger partial charge in [-0.2, -0.15) is 5.10 Å². The van der Waals surface area contributed by atoms with Crippen LogP contribution in [0.25, 0.3) is 22.0 Å². The second-order valence-electron chi connectivity index (χ2n) is 15.0. The summed E-state index contributed by atoms with van der Waals surface area (Å²) in [6.45, 7) is 6.93. The van der Waals surface area contributed by atoms with Crippen molar-refractivity contribution in [2.45, 2.75) is 101 Å². The number of halogens is 5. The van der Waals surface area contributed by atoms with Gasteiger partial charge in [0.25, 0.3) is 6.43 Å². The molecule has 0 unspecified atom stereocenters. The Balaban J connectivity index is 1.80. The number of benzene rings is 2. The first-order valence-corrected chi connectivity index (χ1v) is 21.0. The van der Waals surface area contributed by atoms with Crippen LogP contribution in [0.1, 0.15) is 82.4 Å². The Bertz CT molecular complexity index is 2370. The Hall–Kier alpha value is -4.00. The van der Waals surface area contributed by atoms with E-state index in [9.17, 15) is 39.2 Å². The smallest absolute Gasteiger partial charge is 0.306 e. The molecule has 2 heterocycles. The predicted molar refractivity (Wildman–Crippen MR) is 199 cm³/mol. The molecule has 290 valence electrons.